The number of guanidine groups is 1. The fraction of sp³-hybridized carbons (Fsp3) is 0.588. The zero-order valence-corrected chi connectivity index (χ0v) is 13.9. The molecule has 2 unspecified atom stereocenters. The molecule has 0 aromatic heterocycles. The minimum Gasteiger partial charge on any atom is -0.378 e. The molecule has 0 amide bonds. The zero-order valence-electron chi connectivity index (χ0n) is 13.9. The van der Waals surface area contributed by atoms with Crippen LogP contribution in [0.2, 0.25) is 0 Å². The van der Waals surface area contributed by atoms with E-state index in [1.807, 2.05) is 0 Å². The molecule has 0 heterocycles. The molecule has 21 heavy (non-hydrogen) atoms. The van der Waals surface area contributed by atoms with Crippen molar-refractivity contribution in [2.45, 2.75) is 52.7 Å². The summed E-state index contributed by atoms with van der Waals surface area (Å²) in [6.45, 7) is 10.6. The number of hydrogen-bond acceptors (Lipinski definition) is 2. The predicted octanol–water partition coefficient (Wildman–Crippen LogP) is 3.23. The van der Waals surface area contributed by atoms with E-state index >= 15 is 0 Å². The molecule has 0 aliphatic heterocycles. The van der Waals surface area contributed by atoms with E-state index in [1.165, 1.54) is 11.1 Å². The predicted molar refractivity (Wildman–Crippen MR) is 88.8 cm³/mol. The molecule has 1 aliphatic rings. The average molecular weight is 289 g/mol. The van der Waals surface area contributed by atoms with E-state index in [9.17, 15) is 0 Å². The summed E-state index contributed by atoms with van der Waals surface area (Å²) in [5.41, 5.74) is 9.33. The van der Waals surface area contributed by atoms with Gasteiger partial charge in [-0.05, 0) is 50.5 Å². The number of hydrogen-bond donors (Lipinski definition) is 2. The van der Waals surface area contributed by atoms with Gasteiger partial charge in [-0.15, -0.1) is 0 Å². The van der Waals surface area contributed by atoms with Crippen molar-refractivity contribution in [3.8, 4) is 0 Å². The van der Waals surface area contributed by atoms with Gasteiger partial charge in [0, 0.05) is 18.2 Å². The number of nitrogens with two attached hydrogens (primary N) is 1. The number of aryl methyl sites for hydroxylation is 2. The number of aliphatic imine (C=N–C) groups is 1. The highest BCUT2D eigenvalue weighted by Gasteiger charge is 2.58. The molecule has 116 valence electrons. The molecule has 4 heteroatoms. The highest BCUT2D eigenvalue weighted by atomic mass is 16.5. The molecule has 1 fully saturated rings. The summed E-state index contributed by atoms with van der Waals surface area (Å²) >= 11 is 0. The maximum atomic E-state index is 6.07. The Kier molecular flexibility index (Phi) is 4.02. The Bertz CT molecular complexity index is 545. The molecule has 0 saturated heterocycles. The average Bonchev–Trinajstić information content (AvgIpc) is 2.36. The number of anilines is 1. The molecule has 2 rings (SSSR count). The maximum absolute atomic E-state index is 6.07. The second kappa shape index (κ2) is 5.34. The third-order valence-electron chi connectivity index (χ3n) is 5.02. The summed E-state index contributed by atoms with van der Waals surface area (Å²) in [6, 6.07) is 6.46. The molecule has 1 saturated carbocycles. The van der Waals surface area contributed by atoms with E-state index in [4.69, 9.17) is 10.5 Å². The quantitative estimate of drug-likeness (QED) is 0.663. The third-order valence-corrected chi connectivity index (χ3v) is 5.02. The van der Waals surface area contributed by atoms with Crippen molar-refractivity contribution in [3.63, 3.8) is 0 Å². The normalized spacial score (nSPS) is 28.1. The van der Waals surface area contributed by atoms with Gasteiger partial charge in [-0.25, -0.2) is 4.99 Å². The van der Waals surface area contributed by atoms with Crippen molar-refractivity contribution in [1.29, 1.82) is 0 Å². The zero-order chi connectivity index (χ0) is 15.8. The van der Waals surface area contributed by atoms with E-state index in [1.54, 1.807) is 7.11 Å². The van der Waals surface area contributed by atoms with Crippen LogP contribution in [0.25, 0.3) is 0 Å². The lowest BCUT2D eigenvalue weighted by atomic mass is 9.56. The van der Waals surface area contributed by atoms with Crippen LogP contribution in [0.4, 0.5) is 5.69 Å². The van der Waals surface area contributed by atoms with Crippen LogP contribution in [0, 0.1) is 19.3 Å². The largest absolute Gasteiger partial charge is 0.378 e. The lowest BCUT2D eigenvalue weighted by molar-refractivity contribution is -0.171. The van der Waals surface area contributed by atoms with E-state index in [0.29, 0.717) is 5.96 Å². The number of nitrogens with one attached hydrogen (secondary N) is 1. The second-order valence-corrected chi connectivity index (χ2v) is 6.89. The summed E-state index contributed by atoms with van der Waals surface area (Å²) < 4.78 is 5.62. The summed E-state index contributed by atoms with van der Waals surface area (Å²) in [4.78, 5) is 4.64. The lowest BCUT2D eigenvalue weighted by Gasteiger charge is -2.57. The van der Waals surface area contributed by atoms with Gasteiger partial charge in [-0.3, -0.25) is 0 Å². The Labute approximate surface area is 127 Å². The maximum Gasteiger partial charge on any atom is 0.193 e. The fourth-order valence-corrected chi connectivity index (χ4v) is 3.06. The van der Waals surface area contributed by atoms with Crippen molar-refractivity contribution in [3.05, 3.63) is 29.3 Å². The molecule has 1 aromatic rings. The van der Waals surface area contributed by atoms with Gasteiger partial charge in [-0.2, -0.15) is 0 Å². The third kappa shape index (κ3) is 2.91. The first-order chi connectivity index (χ1) is 9.68. The Morgan fingerprint density at radius 2 is 1.81 bits per heavy atom. The van der Waals surface area contributed by atoms with Gasteiger partial charge in [0.15, 0.2) is 5.96 Å². The Morgan fingerprint density at radius 3 is 2.29 bits per heavy atom. The van der Waals surface area contributed by atoms with Gasteiger partial charge in [0.2, 0.25) is 0 Å². The van der Waals surface area contributed by atoms with E-state index < -0.39 is 0 Å². The van der Waals surface area contributed by atoms with Gasteiger partial charge in [0.05, 0.1) is 11.6 Å². The van der Waals surface area contributed by atoms with Crippen LogP contribution in [-0.2, 0) is 4.74 Å². The molecule has 1 aliphatic carbocycles. The second-order valence-electron chi connectivity index (χ2n) is 6.89. The van der Waals surface area contributed by atoms with Crippen molar-refractivity contribution in [2.24, 2.45) is 16.1 Å². The monoisotopic (exact) mass is 289 g/mol. The van der Waals surface area contributed by atoms with Gasteiger partial charge in [0.1, 0.15) is 0 Å². The van der Waals surface area contributed by atoms with Gasteiger partial charge in [0.25, 0.3) is 0 Å². The Hall–Kier alpha value is -1.55. The van der Waals surface area contributed by atoms with Crippen LogP contribution in [0.15, 0.2) is 23.2 Å². The number of rotatable bonds is 3. The molecular formula is C17H27N3O. The minimum absolute atomic E-state index is 0.0173. The molecule has 3 N–H and O–H groups in total. The molecule has 1 aromatic carbocycles. The van der Waals surface area contributed by atoms with Crippen LogP contribution in [0.1, 0.15) is 38.3 Å². The van der Waals surface area contributed by atoms with Crippen LogP contribution < -0.4 is 11.1 Å². The number of methoxy groups -OCH3 is 1. The molecule has 0 radical (unpaired) electrons. The lowest BCUT2D eigenvalue weighted by Crippen LogP contribution is -2.62. The topological polar surface area (TPSA) is 59.6 Å². The van der Waals surface area contributed by atoms with Crippen molar-refractivity contribution < 1.29 is 4.74 Å². The number of benzene rings is 1. The van der Waals surface area contributed by atoms with Crippen LogP contribution in [-0.4, -0.2) is 24.7 Å². The molecule has 0 spiro atoms. The first kappa shape index (κ1) is 15.8. The van der Waals surface area contributed by atoms with Gasteiger partial charge in [-0.1, -0.05) is 19.9 Å². The summed E-state index contributed by atoms with van der Waals surface area (Å²) in [5, 5.41) is 3.19. The van der Waals surface area contributed by atoms with Crippen LogP contribution in [0.5, 0.6) is 0 Å². The van der Waals surface area contributed by atoms with Crippen LogP contribution >= 0.6 is 0 Å². The minimum atomic E-state index is -0.124. The molecular weight excluding hydrogens is 262 g/mol. The first-order valence-corrected chi connectivity index (χ1v) is 7.42. The standard InChI is InChI=1S/C17H27N3O/c1-11-7-12(2)9-13(8-11)19-15(18)20-14-10-17(5,21-6)16(14,3)4/h7-9,14H,10H2,1-6H3,(H3,18,19,20). The first-order valence-electron chi connectivity index (χ1n) is 7.42. The SMILES string of the molecule is COC1(C)CC(N=C(N)Nc2cc(C)cc(C)c2)C1(C)C. The Morgan fingerprint density at radius 1 is 1.24 bits per heavy atom. The van der Waals surface area contributed by atoms with E-state index in [2.05, 4.69) is 63.1 Å². The number of ether oxygens (including phenoxy) is 1. The highest BCUT2D eigenvalue weighted by molar-refractivity contribution is 5.92. The van der Waals surface area contributed by atoms with Crippen molar-refractivity contribution in [1.82, 2.24) is 0 Å². The van der Waals surface area contributed by atoms with Crippen molar-refractivity contribution >= 4 is 11.6 Å². The molecule has 2 atom stereocenters. The van der Waals surface area contributed by atoms with Crippen LogP contribution in [0.3, 0.4) is 0 Å². The highest BCUT2D eigenvalue weighted by Crippen LogP contribution is 2.53. The van der Waals surface area contributed by atoms with Gasteiger partial charge < -0.3 is 15.8 Å². The summed E-state index contributed by atoms with van der Waals surface area (Å²) in [7, 11) is 1.76. The Balaban J connectivity index is 2.09. The summed E-state index contributed by atoms with van der Waals surface area (Å²) in [6.07, 6.45) is 0.895. The number of nitrogens with zero attached hydrogens (tertiary/aromatic N) is 1. The smallest absolute Gasteiger partial charge is 0.193 e. The molecule has 0 bridgehead atoms. The van der Waals surface area contributed by atoms with E-state index in [-0.39, 0.29) is 17.1 Å². The van der Waals surface area contributed by atoms with E-state index in [0.717, 1.165) is 12.1 Å². The fourth-order valence-electron chi connectivity index (χ4n) is 3.06. The van der Waals surface area contributed by atoms with Gasteiger partial charge >= 0.3 is 0 Å². The summed E-state index contributed by atoms with van der Waals surface area (Å²) in [5.74, 6) is 0.469. The van der Waals surface area contributed by atoms with Crippen molar-refractivity contribution in [2.75, 3.05) is 12.4 Å². The molecule has 4 nitrogen and oxygen atoms in total.